The van der Waals surface area contributed by atoms with E-state index < -0.39 is 22.8 Å². The van der Waals surface area contributed by atoms with Crippen LogP contribution >= 0.6 is 0 Å². The molecule has 0 aliphatic rings. The summed E-state index contributed by atoms with van der Waals surface area (Å²) in [5.74, 6) is -0.377. The van der Waals surface area contributed by atoms with Crippen molar-refractivity contribution in [2.75, 3.05) is 13.2 Å². The Balaban J connectivity index is 4.13. The molecule has 11 nitrogen and oxygen atoms in total. The van der Waals surface area contributed by atoms with Crippen LogP contribution in [0.15, 0.2) is 4.99 Å². The van der Waals surface area contributed by atoms with E-state index in [1.807, 2.05) is 0 Å². The first-order valence-electron chi connectivity index (χ1n) is 9.42. The maximum absolute atomic E-state index is 11.8. The van der Waals surface area contributed by atoms with Crippen LogP contribution in [-0.4, -0.2) is 54.0 Å². The molecule has 0 rings (SSSR count). The van der Waals surface area contributed by atoms with Gasteiger partial charge in [-0.05, 0) is 46.5 Å². The van der Waals surface area contributed by atoms with Gasteiger partial charge < -0.3 is 20.0 Å². The Bertz CT molecular complexity index is 572. The second kappa shape index (κ2) is 14.3. The maximum Gasteiger partial charge on any atom is 0.310 e. The highest BCUT2D eigenvalue weighted by molar-refractivity contribution is 5.99. The summed E-state index contributed by atoms with van der Waals surface area (Å²) in [5, 5.41) is 9.12. The Labute approximate surface area is 170 Å². The summed E-state index contributed by atoms with van der Waals surface area (Å²) in [5.41, 5.74) is 5.11. The highest BCUT2D eigenvalue weighted by Crippen LogP contribution is 2.13. The van der Waals surface area contributed by atoms with Crippen molar-refractivity contribution in [3.63, 3.8) is 0 Å². The molecule has 0 aromatic rings. The molecule has 0 saturated heterocycles. The van der Waals surface area contributed by atoms with E-state index in [2.05, 4.69) is 9.83 Å². The van der Waals surface area contributed by atoms with Gasteiger partial charge in [0.1, 0.15) is 23.3 Å². The molecule has 0 aromatic carbocycles. The normalized spacial score (nSPS) is 12.7. The molecule has 0 aliphatic carbocycles. The highest BCUT2D eigenvalue weighted by Gasteiger charge is 2.21. The van der Waals surface area contributed by atoms with Crippen molar-refractivity contribution in [3.05, 3.63) is 10.1 Å². The third-order valence-corrected chi connectivity index (χ3v) is 3.49. The minimum absolute atomic E-state index is 0.00225. The van der Waals surface area contributed by atoms with Gasteiger partial charge in [-0.25, -0.2) is 0 Å². The standard InChI is InChI=1S/C18H31N3O8/c1-18(2,3)29-17(24)12-15(27-13-22)8-6-9-20-16(19)11-14(23)7-4-5-10-28-21(25)26/h13,15H,4-12H2,1-3H3,(H2,19,20). The lowest BCUT2D eigenvalue weighted by atomic mass is 10.1. The zero-order valence-corrected chi connectivity index (χ0v) is 17.3. The van der Waals surface area contributed by atoms with Gasteiger partial charge in [-0.1, -0.05) is 0 Å². The number of nitrogens with two attached hydrogens (primary N) is 1. The van der Waals surface area contributed by atoms with E-state index in [1.54, 1.807) is 20.8 Å². The average molecular weight is 417 g/mol. The quantitative estimate of drug-likeness (QED) is 0.0750. The lowest BCUT2D eigenvalue weighted by molar-refractivity contribution is -0.757. The zero-order valence-electron chi connectivity index (χ0n) is 17.3. The van der Waals surface area contributed by atoms with E-state index in [9.17, 15) is 24.5 Å². The minimum atomic E-state index is -0.870. The van der Waals surface area contributed by atoms with Gasteiger partial charge in [-0.15, -0.1) is 10.1 Å². The SMILES string of the molecule is CC(C)(C)OC(=O)CC(CCCN=C(N)CC(=O)CCCCO[N+](=O)[O-])OC=O. The number of carbonyl (C=O) groups is 3. The molecule has 0 aromatic heterocycles. The topological polar surface area (TPSA) is 160 Å². The minimum Gasteiger partial charge on any atom is -0.464 e. The molecule has 166 valence electrons. The molecule has 2 N–H and O–H groups in total. The summed E-state index contributed by atoms with van der Waals surface area (Å²) >= 11 is 0. The van der Waals surface area contributed by atoms with Crippen LogP contribution in [0.2, 0.25) is 0 Å². The zero-order chi connectivity index (χ0) is 22.3. The van der Waals surface area contributed by atoms with E-state index in [-0.39, 0.29) is 37.5 Å². The molecule has 1 atom stereocenters. The third-order valence-electron chi connectivity index (χ3n) is 3.49. The van der Waals surface area contributed by atoms with Crippen molar-refractivity contribution in [1.29, 1.82) is 0 Å². The number of ketones is 1. The third kappa shape index (κ3) is 17.1. The van der Waals surface area contributed by atoms with Gasteiger partial charge in [0.05, 0.1) is 19.4 Å². The van der Waals surface area contributed by atoms with Gasteiger partial charge in [-0.2, -0.15) is 0 Å². The van der Waals surface area contributed by atoms with E-state index in [0.29, 0.717) is 38.7 Å². The molecule has 1 unspecified atom stereocenters. The van der Waals surface area contributed by atoms with Gasteiger partial charge in [-0.3, -0.25) is 19.4 Å². The van der Waals surface area contributed by atoms with Crippen LogP contribution in [0.4, 0.5) is 0 Å². The number of nitrogens with zero attached hydrogens (tertiary/aromatic N) is 2. The highest BCUT2D eigenvalue weighted by atomic mass is 16.9. The summed E-state index contributed by atoms with van der Waals surface area (Å²) < 4.78 is 10.1. The van der Waals surface area contributed by atoms with Gasteiger partial charge in [0.15, 0.2) is 0 Å². The first-order chi connectivity index (χ1) is 13.5. The van der Waals surface area contributed by atoms with Crippen LogP contribution in [0.3, 0.4) is 0 Å². The summed E-state index contributed by atoms with van der Waals surface area (Å²) in [6, 6.07) is 0. The Kier molecular flexibility index (Phi) is 13.0. The van der Waals surface area contributed by atoms with E-state index in [1.165, 1.54) is 0 Å². The predicted molar refractivity (Wildman–Crippen MR) is 104 cm³/mol. The monoisotopic (exact) mass is 417 g/mol. The number of unbranched alkanes of at least 4 members (excludes halogenated alkanes) is 1. The molecule has 0 aliphatic heterocycles. The Morgan fingerprint density at radius 2 is 1.93 bits per heavy atom. The number of rotatable bonds is 16. The van der Waals surface area contributed by atoms with Gasteiger partial charge in [0, 0.05) is 13.0 Å². The molecular formula is C18H31N3O8. The molecule has 0 radical (unpaired) electrons. The Morgan fingerprint density at radius 1 is 1.24 bits per heavy atom. The lowest BCUT2D eigenvalue weighted by Crippen LogP contribution is -2.27. The maximum atomic E-state index is 11.8. The van der Waals surface area contributed by atoms with Crippen LogP contribution < -0.4 is 5.73 Å². The fraction of sp³-hybridized carbons (Fsp3) is 0.778. The second-order valence-corrected chi connectivity index (χ2v) is 7.39. The van der Waals surface area contributed by atoms with Crippen molar-refractivity contribution in [2.24, 2.45) is 10.7 Å². The molecule has 0 fully saturated rings. The smallest absolute Gasteiger partial charge is 0.310 e. The molecule has 29 heavy (non-hydrogen) atoms. The number of carbonyl (C=O) groups excluding carboxylic acids is 3. The number of hydrogen-bond donors (Lipinski definition) is 1. The Morgan fingerprint density at radius 3 is 2.52 bits per heavy atom. The fourth-order valence-corrected chi connectivity index (χ4v) is 2.32. The summed E-state index contributed by atoms with van der Waals surface area (Å²) in [4.78, 5) is 52.4. The van der Waals surface area contributed by atoms with E-state index in [4.69, 9.17) is 15.2 Å². The lowest BCUT2D eigenvalue weighted by Gasteiger charge is -2.21. The van der Waals surface area contributed by atoms with Crippen LogP contribution in [-0.2, 0) is 28.7 Å². The number of Topliss-reactive ketones (excluding diaryl/α,β-unsaturated/α-hetero) is 1. The van der Waals surface area contributed by atoms with Crippen molar-refractivity contribution in [2.45, 2.75) is 77.4 Å². The summed E-state index contributed by atoms with van der Waals surface area (Å²) in [6.07, 6.45) is 1.36. The van der Waals surface area contributed by atoms with Crippen molar-refractivity contribution in [1.82, 2.24) is 0 Å². The number of ether oxygens (including phenoxy) is 2. The van der Waals surface area contributed by atoms with Crippen LogP contribution in [0.1, 0.15) is 65.7 Å². The average Bonchev–Trinajstić information content (AvgIpc) is 2.56. The van der Waals surface area contributed by atoms with Gasteiger partial charge >= 0.3 is 5.97 Å². The predicted octanol–water partition coefficient (Wildman–Crippen LogP) is 1.73. The molecule has 0 saturated carbocycles. The fourth-order valence-electron chi connectivity index (χ4n) is 2.32. The van der Waals surface area contributed by atoms with Crippen LogP contribution in [0.25, 0.3) is 0 Å². The van der Waals surface area contributed by atoms with Crippen molar-refractivity contribution >= 4 is 24.1 Å². The number of amidine groups is 1. The Hall–Kier alpha value is -2.72. The molecule has 0 bridgehead atoms. The molecule has 0 spiro atoms. The number of aliphatic imine (C=N–C) groups is 1. The van der Waals surface area contributed by atoms with Gasteiger partial charge in [0.2, 0.25) is 0 Å². The second-order valence-electron chi connectivity index (χ2n) is 7.39. The molecule has 11 heteroatoms. The largest absolute Gasteiger partial charge is 0.464 e. The number of esters is 1. The van der Waals surface area contributed by atoms with E-state index in [0.717, 1.165) is 0 Å². The summed E-state index contributed by atoms with van der Waals surface area (Å²) in [7, 11) is 0. The van der Waals surface area contributed by atoms with Crippen LogP contribution in [0, 0.1) is 10.1 Å². The van der Waals surface area contributed by atoms with Gasteiger partial charge in [0.25, 0.3) is 11.6 Å². The molecular weight excluding hydrogens is 386 g/mol. The van der Waals surface area contributed by atoms with Crippen molar-refractivity contribution < 1.29 is 33.8 Å². The molecule has 0 heterocycles. The number of hydrogen-bond acceptors (Lipinski definition) is 9. The first kappa shape index (κ1) is 26.3. The molecule has 0 amide bonds. The van der Waals surface area contributed by atoms with Crippen molar-refractivity contribution in [3.8, 4) is 0 Å². The van der Waals surface area contributed by atoms with Crippen LogP contribution in [0.5, 0.6) is 0 Å². The summed E-state index contributed by atoms with van der Waals surface area (Å²) in [6.45, 7) is 5.82. The van der Waals surface area contributed by atoms with E-state index >= 15 is 0 Å². The first-order valence-corrected chi connectivity index (χ1v) is 9.42.